The Kier molecular flexibility index (Phi) is 2.73. The van der Waals surface area contributed by atoms with Crippen LogP contribution in [0.25, 0.3) is 10.6 Å². The second kappa shape index (κ2) is 3.86. The summed E-state index contributed by atoms with van der Waals surface area (Å²) in [7, 11) is 0. The SMILES string of the molecule is O=S([O-])c1c[nH]c(-c2cc(Cl)cs2)c1. The number of hydrogen-bond donors (Lipinski definition) is 1. The van der Waals surface area contributed by atoms with Gasteiger partial charge in [-0.25, -0.2) is 0 Å². The van der Waals surface area contributed by atoms with Crippen molar-refractivity contribution in [2.45, 2.75) is 4.90 Å². The van der Waals surface area contributed by atoms with Crippen molar-refractivity contribution < 1.29 is 8.76 Å². The number of nitrogens with one attached hydrogen (secondary N) is 1. The molecular formula is C8H5ClNO2S2-. The van der Waals surface area contributed by atoms with Gasteiger partial charge in [0.25, 0.3) is 0 Å². The van der Waals surface area contributed by atoms with E-state index in [1.54, 1.807) is 17.5 Å². The number of rotatable bonds is 2. The molecule has 0 aliphatic heterocycles. The minimum atomic E-state index is -2.18. The molecule has 2 aromatic rings. The summed E-state index contributed by atoms with van der Waals surface area (Å²) in [6.45, 7) is 0. The highest BCUT2D eigenvalue weighted by atomic mass is 35.5. The fraction of sp³-hybridized carbons (Fsp3) is 0. The molecule has 2 heterocycles. The van der Waals surface area contributed by atoms with E-state index in [9.17, 15) is 8.76 Å². The predicted octanol–water partition coefficient (Wildman–Crippen LogP) is 2.63. The van der Waals surface area contributed by atoms with Crippen molar-refractivity contribution in [3.8, 4) is 10.6 Å². The average molecular weight is 247 g/mol. The van der Waals surface area contributed by atoms with Gasteiger partial charge in [0.05, 0.1) is 15.6 Å². The maximum absolute atomic E-state index is 10.6. The predicted molar refractivity (Wildman–Crippen MR) is 56.3 cm³/mol. The summed E-state index contributed by atoms with van der Waals surface area (Å²) < 4.78 is 21.2. The largest absolute Gasteiger partial charge is 0.768 e. The summed E-state index contributed by atoms with van der Waals surface area (Å²) in [4.78, 5) is 4.05. The van der Waals surface area contributed by atoms with E-state index in [1.807, 2.05) is 0 Å². The van der Waals surface area contributed by atoms with Crippen LogP contribution in [0.4, 0.5) is 0 Å². The summed E-state index contributed by atoms with van der Waals surface area (Å²) in [6.07, 6.45) is 1.45. The van der Waals surface area contributed by atoms with Gasteiger partial charge in [-0.3, -0.25) is 4.21 Å². The maximum atomic E-state index is 10.6. The summed E-state index contributed by atoms with van der Waals surface area (Å²) in [6, 6.07) is 3.36. The molecule has 74 valence electrons. The zero-order valence-electron chi connectivity index (χ0n) is 6.82. The number of aromatic amines is 1. The van der Waals surface area contributed by atoms with Crippen LogP contribution < -0.4 is 0 Å². The van der Waals surface area contributed by atoms with Crippen LogP contribution in [0, 0.1) is 0 Å². The van der Waals surface area contributed by atoms with Gasteiger partial charge in [-0.2, -0.15) is 0 Å². The molecule has 2 rings (SSSR count). The first kappa shape index (κ1) is 9.92. The molecule has 0 saturated carbocycles. The lowest BCUT2D eigenvalue weighted by molar-refractivity contribution is 0.537. The van der Waals surface area contributed by atoms with Gasteiger partial charge in [-0.1, -0.05) is 11.6 Å². The van der Waals surface area contributed by atoms with Crippen molar-refractivity contribution in [1.29, 1.82) is 0 Å². The highest BCUT2D eigenvalue weighted by molar-refractivity contribution is 7.79. The first-order valence-corrected chi connectivity index (χ1v) is 6.02. The Morgan fingerprint density at radius 3 is 2.79 bits per heavy atom. The summed E-state index contributed by atoms with van der Waals surface area (Å²) in [5, 5.41) is 2.45. The van der Waals surface area contributed by atoms with E-state index < -0.39 is 11.1 Å². The van der Waals surface area contributed by atoms with Gasteiger partial charge in [0.1, 0.15) is 0 Å². The third kappa shape index (κ3) is 1.90. The fourth-order valence-electron chi connectivity index (χ4n) is 1.07. The second-order valence-electron chi connectivity index (χ2n) is 2.61. The van der Waals surface area contributed by atoms with Crippen LogP contribution >= 0.6 is 22.9 Å². The Balaban J connectivity index is 2.38. The molecule has 0 aliphatic carbocycles. The Labute approximate surface area is 92.0 Å². The molecule has 0 spiro atoms. The van der Waals surface area contributed by atoms with Crippen LogP contribution in [0.15, 0.2) is 28.6 Å². The van der Waals surface area contributed by atoms with Gasteiger partial charge in [0.2, 0.25) is 0 Å². The Hall–Kier alpha value is -0.620. The van der Waals surface area contributed by atoms with Gasteiger partial charge in [-0.05, 0) is 23.2 Å². The van der Waals surface area contributed by atoms with Crippen molar-refractivity contribution in [3.05, 3.63) is 28.7 Å². The van der Waals surface area contributed by atoms with E-state index in [2.05, 4.69) is 4.98 Å². The van der Waals surface area contributed by atoms with E-state index in [1.165, 1.54) is 17.5 Å². The highest BCUT2D eigenvalue weighted by Crippen LogP contribution is 2.29. The highest BCUT2D eigenvalue weighted by Gasteiger charge is 2.04. The van der Waals surface area contributed by atoms with Crippen molar-refractivity contribution >= 4 is 34.0 Å². The first-order chi connectivity index (χ1) is 6.66. The number of hydrogen-bond acceptors (Lipinski definition) is 3. The van der Waals surface area contributed by atoms with E-state index in [0.29, 0.717) is 5.02 Å². The quantitative estimate of drug-likeness (QED) is 0.829. The van der Waals surface area contributed by atoms with Crippen molar-refractivity contribution in [3.63, 3.8) is 0 Å². The number of halogens is 1. The molecule has 1 N–H and O–H groups in total. The van der Waals surface area contributed by atoms with Gasteiger partial charge in [0, 0.05) is 16.5 Å². The monoisotopic (exact) mass is 246 g/mol. The van der Waals surface area contributed by atoms with E-state index in [0.717, 1.165) is 10.6 Å². The summed E-state index contributed by atoms with van der Waals surface area (Å²) in [5.74, 6) is 0. The lowest BCUT2D eigenvalue weighted by Crippen LogP contribution is -1.82. The van der Waals surface area contributed by atoms with Crippen molar-refractivity contribution in [2.75, 3.05) is 0 Å². The number of aromatic nitrogens is 1. The molecule has 3 nitrogen and oxygen atoms in total. The zero-order chi connectivity index (χ0) is 10.1. The topological polar surface area (TPSA) is 55.9 Å². The Morgan fingerprint density at radius 1 is 1.50 bits per heavy atom. The fourth-order valence-corrected chi connectivity index (χ4v) is 2.49. The molecular weight excluding hydrogens is 242 g/mol. The van der Waals surface area contributed by atoms with Gasteiger partial charge in [-0.15, -0.1) is 11.3 Å². The minimum absolute atomic E-state index is 0.254. The lowest BCUT2D eigenvalue weighted by Gasteiger charge is -1.97. The average Bonchev–Trinajstić information content (AvgIpc) is 2.70. The van der Waals surface area contributed by atoms with Gasteiger partial charge < -0.3 is 9.54 Å². The molecule has 0 aliphatic rings. The Bertz CT molecular complexity index is 477. The van der Waals surface area contributed by atoms with Crippen LogP contribution in [-0.4, -0.2) is 13.7 Å². The number of H-pyrrole nitrogens is 1. The molecule has 0 amide bonds. The van der Waals surface area contributed by atoms with Crippen molar-refractivity contribution in [1.82, 2.24) is 4.98 Å². The minimum Gasteiger partial charge on any atom is -0.768 e. The summed E-state index contributed by atoms with van der Waals surface area (Å²) >= 11 is 5.03. The van der Waals surface area contributed by atoms with Crippen LogP contribution in [0.3, 0.4) is 0 Å². The first-order valence-electron chi connectivity index (χ1n) is 3.69. The summed E-state index contributed by atoms with van der Waals surface area (Å²) in [5.41, 5.74) is 0.765. The molecule has 0 aromatic carbocycles. The molecule has 0 radical (unpaired) electrons. The molecule has 1 atom stereocenters. The smallest absolute Gasteiger partial charge is 0.0568 e. The molecule has 1 unspecified atom stereocenters. The van der Waals surface area contributed by atoms with E-state index in [-0.39, 0.29) is 4.90 Å². The van der Waals surface area contributed by atoms with Crippen LogP contribution in [0.1, 0.15) is 0 Å². The zero-order valence-corrected chi connectivity index (χ0v) is 9.21. The van der Waals surface area contributed by atoms with Gasteiger partial charge >= 0.3 is 0 Å². The van der Waals surface area contributed by atoms with Crippen LogP contribution in [0.2, 0.25) is 5.02 Å². The third-order valence-electron chi connectivity index (χ3n) is 1.68. The molecule has 0 saturated heterocycles. The lowest BCUT2D eigenvalue weighted by atomic mass is 10.3. The van der Waals surface area contributed by atoms with Crippen LogP contribution in [-0.2, 0) is 11.1 Å². The normalized spacial score (nSPS) is 13.0. The number of thiophene rings is 1. The van der Waals surface area contributed by atoms with E-state index >= 15 is 0 Å². The van der Waals surface area contributed by atoms with E-state index in [4.69, 9.17) is 11.6 Å². The molecule has 14 heavy (non-hydrogen) atoms. The van der Waals surface area contributed by atoms with Crippen LogP contribution in [0.5, 0.6) is 0 Å². The molecule has 0 bridgehead atoms. The molecule has 0 fully saturated rings. The molecule has 2 aromatic heterocycles. The third-order valence-corrected chi connectivity index (χ3v) is 3.61. The molecule has 6 heteroatoms. The maximum Gasteiger partial charge on any atom is 0.0568 e. The Morgan fingerprint density at radius 2 is 2.29 bits per heavy atom. The second-order valence-corrected chi connectivity index (χ2v) is 4.90. The standard InChI is InChI=1S/C8H6ClNO2S2/c9-5-1-8(13-4-5)7-2-6(3-10-7)14(11)12/h1-4,10H,(H,11,12)/p-1. The van der Waals surface area contributed by atoms with Gasteiger partial charge in [0.15, 0.2) is 0 Å². The van der Waals surface area contributed by atoms with Crippen molar-refractivity contribution in [2.24, 2.45) is 0 Å².